The van der Waals surface area contributed by atoms with E-state index in [0.29, 0.717) is 23.7 Å². The van der Waals surface area contributed by atoms with Crippen molar-refractivity contribution in [3.8, 4) is 17.6 Å². The molecule has 0 aliphatic heterocycles. The predicted octanol–water partition coefficient (Wildman–Crippen LogP) is 3.33. The van der Waals surface area contributed by atoms with Crippen LogP contribution < -0.4 is 14.8 Å². The van der Waals surface area contributed by atoms with E-state index in [1.54, 1.807) is 26.4 Å². The minimum absolute atomic E-state index is 0.261. The summed E-state index contributed by atoms with van der Waals surface area (Å²) in [5, 5.41) is 12.1. The largest absolute Gasteiger partial charge is 0.497 e. The second-order valence-electron chi connectivity index (χ2n) is 4.33. The minimum Gasteiger partial charge on any atom is -0.497 e. The quantitative estimate of drug-likeness (QED) is 0.916. The van der Waals surface area contributed by atoms with Crippen LogP contribution in [0.3, 0.4) is 0 Å². The van der Waals surface area contributed by atoms with Crippen LogP contribution in [0.15, 0.2) is 36.4 Å². The normalized spacial score (nSPS) is 9.81. The third-order valence-electron chi connectivity index (χ3n) is 3.06. The van der Waals surface area contributed by atoms with Crippen LogP contribution in [-0.4, -0.2) is 14.2 Å². The van der Waals surface area contributed by atoms with Gasteiger partial charge in [-0.1, -0.05) is 0 Å². The lowest BCUT2D eigenvalue weighted by molar-refractivity contribution is 0.399. The van der Waals surface area contributed by atoms with E-state index in [1.165, 1.54) is 12.1 Å². The summed E-state index contributed by atoms with van der Waals surface area (Å²) in [6.07, 6.45) is 0. The first-order chi connectivity index (χ1) is 10.2. The van der Waals surface area contributed by atoms with Crippen molar-refractivity contribution in [2.45, 2.75) is 6.54 Å². The highest BCUT2D eigenvalue weighted by Crippen LogP contribution is 2.25. The van der Waals surface area contributed by atoms with Gasteiger partial charge in [0.05, 0.1) is 25.5 Å². The lowest BCUT2D eigenvalue weighted by Gasteiger charge is -2.13. The first kappa shape index (κ1) is 14.7. The van der Waals surface area contributed by atoms with Gasteiger partial charge in [-0.3, -0.25) is 0 Å². The molecule has 108 valence electrons. The van der Waals surface area contributed by atoms with Gasteiger partial charge in [0.1, 0.15) is 23.4 Å². The average Bonchev–Trinajstić information content (AvgIpc) is 2.53. The Kier molecular flexibility index (Phi) is 4.62. The number of rotatable bonds is 5. The second kappa shape index (κ2) is 6.62. The topological polar surface area (TPSA) is 54.3 Å². The Bertz CT molecular complexity index is 680. The maximum Gasteiger partial charge on any atom is 0.124 e. The van der Waals surface area contributed by atoms with E-state index < -0.39 is 5.82 Å². The number of hydrogen-bond donors (Lipinski definition) is 1. The molecule has 2 aromatic carbocycles. The van der Waals surface area contributed by atoms with Crippen molar-refractivity contribution < 1.29 is 13.9 Å². The molecule has 0 aliphatic rings. The SMILES string of the molecule is COc1ccc(OC)c(CNc2ccc(F)cc2C#N)c1. The van der Waals surface area contributed by atoms with Gasteiger partial charge in [-0.2, -0.15) is 5.26 Å². The predicted molar refractivity (Wildman–Crippen MR) is 78.0 cm³/mol. The van der Waals surface area contributed by atoms with Gasteiger partial charge >= 0.3 is 0 Å². The van der Waals surface area contributed by atoms with Crippen LogP contribution in [0.25, 0.3) is 0 Å². The van der Waals surface area contributed by atoms with Gasteiger partial charge in [-0.15, -0.1) is 0 Å². The fraction of sp³-hybridized carbons (Fsp3) is 0.188. The molecule has 0 saturated carbocycles. The van der Waals surface area contributed by atoms with Gasteiger partial charge in [-0.25, -0.2) is 4.39 Å². The number of nitrogens with zero attached hydrogens (tertiary/aromatic N) is 1. The van der Waals surface area contributed by atoms with Crippen LogP contribution in [-0.2, 0) is 6.54 Å². The first-order valence-electron chi connectivity index (χ1n) is 6.32. The van der Waals surface area contributed by atoms with Crippen molar-refractivity contribution in [2.24, 2.45) is 0 Å². The van der Waals surface area contributed by atoms with Gasteiger partial charge in [0, 0.05) is 12.1 Å². The molecule has 0 heterocycles. The lowest BCUT2D eigenvalue weighted by Crippen LogP contribution is -2.04. The van der Waals surface area contributed by atoms with Crippen molar-refractivity contribution in [3.63, 3.8) is 0 Å². The number of methoxy groups -OCH3 is 2. The van der Waals surface area contributed by atoms with Gasteiger partial charge in [0.2, 0.25) is 0 Å². The number of ether oxygens (including phenoxy) is 2. The highest BCUT2D eigenvalue weighted by atomic mass is 19.1. The van der Waals surface area contributed by atoms with Crippen LogP contribution in [0.1, 0.15) is 11.1 Å². The van der Waals surface area contributed by atoms with Crippen molar-refractivity contribution in [2.75, 3.05) is 19.5 Å². The van der Waals surface area contributed by atoms with Crippen LogP contribution in [0.2, 0.25) is 0 Å². The van der Waals surface area contributed by atoms with Crippen molar-refractivity contribution >= 4 is 5.69 Å². The van der Waals surface area contributed by atoms with Gasteiger partial charge in [0.15, 0.2) is 0 Å². The molecule has 2 aromatic rings. The molecule has 4 nitrogen and oxygen atoms in total. The summed E-state index contributed by atoms with van der Waals surface area (Å²) in [5.74, 6) is 0.993. The van der Waals surface area contributed by atoms with Crippen molar-refractivity contribution in [1.29, 1.82) is 5.26 Å². The van der Waals surface area contributed by atoms with E-state index in [2.05, 4.69) is 5.32 Å². The molecule has 0 amide bonds. The summed E-state index contributed by atoms with van der Waals surface area (Å²) in [4.78, 5) is 0. The van der Waals surface area contributed by atoms with Crippen LogP contribution in [0.5, 0.6) is 11.5 Å². The maximum atomic E-state index is 13.1. The van der Waals surface area contributed by atoms with E-state index in [0.717, 1.165) is 5.56 Å². The fourth-order valence-electron chi connectivity index (χ4n) is 1.97. The molecule has 0 spiro atoms. The number of anilines is 1. The standard InChI is InChI=1S/C16H15FN2O2/c1-20-14-4-6-16(21-2)12(8-14)10-19-15-5-3-13(17)7-11(15)9-18/h3-8,19H,10H2,1-2H3. The molecule has 2 rings (SSSR count). The van der Waals surface area contributed by atoms with Crippen LogP contribution in [0.4, 0.5) is 10.1 Å². The minimum atomic E-state index is -0.434. The summed E-state index contributed by atoms with van der Waals surface area (Å²) in [6, 6.07) is 11.5. The summed E-state index contributed by atoms with van der Waals surface area (Å²) in [6.45, 7) is 0.431. The summed E-state index contributed by atoms with van der Waals surface area (Å²) in [5.41, 5.74) is 1.71. The molecule has 5 heteroatoms. The van der Waals surface area contributed by atoms with E-state index in [4.69, 9.17) is 14.7 Å². The molecule has 0 aliphatic carbocycles. The highest BCUT2D eigenvalue weighted by molar-refractivity contribution is 5.58. The average molecular weight is 286 g/mol. The lowest BCUT2D eigenvalue weighted by atomic mass is 10.1. The Morgan fingerprint density at radius 3 is 2.62 bits per heavy atom. The molecule has 0 bridgehead atoms. The monoisotopic (exact) mass is 286 g/mol. The zero-order valence-corrected chi connectivity index (χ0v) is 11.8. The number of halogens is 1. The van der Waals surface area contributed by atoms with E-state index in [-0.39, 0.29) is 5.56 Å². The molecular weight excluding hydrogens is 271 g/mol. The maximum absolute atomic E-state index is 13.1. The number of hydrogen-bond acceptors (Lipinski definition) is 4. The van der Waals surface area contributed by atoms with E-state index >= 15 is 0 Å². The molecule has 0 unspecified atom stereocenters. The van der Waals surface area contributed by atoms with Gasteiger partial charge < -0.3 is 14.8 Å². The molecule has 1 N–H and O–H groups in total. The summed E-state index contributed by atoms with van der Waals surface area (Å²) in [7, 11) is 3.18. The van der Waals surface area contributed by atoms with Crippen molar-refractivity contribution in [1.82, 2.24) is 0 Å². The summed E-state index contributed by atoms with van der Waals surface area (Å²) < 4.78 is 23.6. The number of benzene rings is 2. The molecule has 0 aromatic heterocycles. The Labute approximate surface area is 122 Å². The van der Waals surface area contributed by atoms with E-state index in [1.807, 2.05) is 18.2 Å². The molecule has 0 atom stereocenters. The molecule has 21 heavy (non-hydrogen) atoms. The smallest absolute Gasteiger partial charge is 0.124 e. The highest BCUT2D eigenvalue weighted by Gasteiger charge is 2.07. The molecular formula is C16H15FN2O2. The Morgan fingerprint density at radius 1 is 1.14 bits per heavy atom. The van der Waals surface area contributed by atoms with E-state index in [9.17, 15) is 4.39 Å². The molecule has 0 fully saturated rings. The zero-order chi connectivity index (χ0) is 15.2. The third kappa shape index (κ3) is 3.42. The number of nitriles is 1. The Morgan fingerprint density at radius 2 is 1.95 bits per heavy atom. The molecule has 0 saturated heterocycles. The van der Waals surface area contributed by atoms with Crippen LogP contribution in [0, 0.1) is 17.1 Å². The van der Waals surface area contributed by atoms with Crippen LogP contribution >= 0.6 is 0 Å². The molecule has 0 radical (unpaired) electrons. The first-order valence-corrected chi connectivity index (χ1v) is 6.32. The second-order valence-corrected chi connectivity index (χ2v) is 4.33. The Hall–Kier alpha value is -2.74. The Balaban J connectivity index is 2.22. The summed E-state index contributed by atoms with van der Waals surface area (Å²) >= 11 is 0. The third-order valence-corrected chi connectivity index (χ3v) is 3.06. The zero-order valence-electron chi connectivity index (χ0n) is 11.8. The fourth-order valence-corrected chi connectivity index (χ4v) is 1.97. The van der Waals surface area contributed by atoms with Crippen molar-refractivity contribution in [3.05, 3.63) is 53.3 Å². The number of nitrogens with one attached hydrogen (secondary N) is 1. The van der Waals surface area contributed by atoms with Gasteiger partial charge in [0.25, 0.3) is 0 Å². The van der Waals surface area contributed by atoms with Gasteiger partial charge in [-0.05, 0) is 36.4 Å².